The minimum Gasteiger partial charge on any atom is -0.496 e. The molecule has 0 aliphatic carbocycles. The molecule has 0 saturated carbocycles. The van der Waals surface area contributed by atoms with Gasteiger partial charge in [-0.05, 0) is 62.6 Å². The Bertz CT molecular complexity index is 1480. The van der Waals surface area contributed by atoms with Gasteiger partial charge in [-0.2, -0.15) is 17.5 Å². The number of halogens is 3. The van der Waals surface area contributed by atoms with E-state index in [1.165, 1.54) is 31.4 Å². The maximum atomic E-state index is 13.5. The van der Waals surface area contributed by atoms with Crippen LogP contribution in [0.2, 0.25) is 0 Å². The van der Waals surface area contributed by atoms with Crippen LogP contribution in [0.1, 0.15) is 31.1 Å². The molecular formula is C23H20F3N3O3S. The van der Waals surface area contributed by atoms with E-state index in [4.69, 9.17) is 4.74 Å². The molecule has 6 nitrogen and oxygen atoms in total. The summed E-state index contributed by atoms with van der Waals surface area (Å²) in [6, 6.07) is 10.1. The molecule has 0 atom stereocenters. The maximum Gasteiger partial charge on any atom is 0.431 e. The summed E-state index contributed by atoms with van der Waals surface area (Å²) in [6.45, 7) is 4.85. The lowest BCUT2D eigenvalue weighted by Crippen LogP contribution is -2.42. The fraction of sp³-hybridized carbons (Fsp3) is 0.261. The zero-order chi connectivity index (χ0) is 24.1. The van der Waals surface area contributed by atoms with Crippen molar-refractivity contribution in [1.29, 1.82) is 0 Å². The highest BCUT2D eigenvalue weighted by molar-refractivity contribution is 7.13. The van der Waals surface area contributed by atoms with E-state index in [1.807, 2.05) is 25.1 Å². The number of alkyl halides is 3. The second-order valence-corrected chi connectivity index (χ2v) is 8.67. The normalized spacial score (nSPS) is 12.0. The summed E-state index contributed by atoms with van der Waals surface area (Å²) in [5.74, 6) is 0.604. The van der Waals surface area contributed by atoms with E-state index in [-0.39, 0.29) is 5.69 Å². The molecule has 0 radical (unpaired) electrons. The van der Waals surface area contributed by atoms with Crippen LogP contribution in [0.25, 0.3) is 27.0 Å². The highest BCUT2D eigenvalue weighted by Crippen LogP contribution is 2.37. The molecule has 0 N–H and O–H groups in total. The molecule has 2 heterocycles. The molecule has 0 saturated heterocycles. The Hall–Kier alpha value is -3.40. The van der Waals surface area contributed by atoms with E-state index in [9.17, 15) is 22.8 Å². The number of fused-ring (bicyclic) bond motifs is 1. The largest absolute Gasteiger partial charge is 0.496 e. The van der Waals surface area contributed by atoms with Gasteiger partial charge < -0.3 is 4.74 Å². The van der Waals surface area contributed by atoms with Crippen LogP contribution in [0.15, 0.2) is 52.1 Å². The van der Waals surface area contributed by atoms with E-state index in [0.29, 0.717) is 27.5 Å². The first-order valence-corrected chi connectivity index (χ1v) is 10.8. The Balaban J connectivity index is 1.99. The smallest absolute Gasteiger partial charge is 0.431 e. The van der Waals surface area contributed by atoms with Gasteiger partial charge in [0.2, 0.25) is 0 Å². The van der Waals surface area contributed by atoms with Crippen molar-refractivity contribution in [3.63, 3.8) is 0 Å². The van der Waals surface area contributed by atoms with Crippen LogP contribution in [0.5, 0.6) is 5.75 Å². The molecular weight excluding hydrogens is 455 g/mol. The van der Waals surface area contributed by atoms with E-state index >= 15 is 0 Å². The van der Waals surface area contributed by atoms with Crippen LogP contribution >= 0.6 is 11.5 Å². The minimum atomic E-state index is -4.84. The standard InChI is InChI=1S/C23H20F3N3O3S/c1-12(2)28-19(23(24,25)26)11-20(30)29(22(28)31)14-6-8-18-16(10-14)21(27-33-18)15-9-13(3)5-7-17(15)32-4/h5-12H,1-4H3. The van der Waals surface area contributed by atoms with Gasteiger partial charge >= 0.3 is 11.9 Å². The number of benzene rings is 2. The van der Waals surface area contributed by atoms with Gasteiger partial charge in [0.15, 0.2) is 0 Å². The van der Waals surface area contributed by atoms with Crippen LogP contribution in [0.4, 0.5) is 13.2 Å². The maximum absolute atomic E-state index is 13.5. The monoisotopic (exact) mass is 475 g/mol. The van der Waals surface area contributed by atoms with Gasteiger partial charge in [-0.1, -0.05) is 11.6 Å². The van der Waals surface area contributed by atoms with Crippen molar-refractivity contribution in [2.45, 2.75) is 33.0 Å². The third-order valence-electron chi connectivity index (χ3n) is 5.27. The fourth-order valence-electron chi connectivity index (χ4n) is 3.78. The summed E-state index contributed by atoms with van der Waals surface area (Å²) < 4.78 is 52.6. The molecule has 2 aromatic heterocycles. The second kappa shape index (κ2) is 8.18. The van der Waals surface area contributed by atoms with Gasteiger partial charge in [-0.25, -0.2) is 9.36 Å². The number of ether oxygens (including phenoxy) is 1. The summed E-state index contributed by atoms with van der Waals surface area (Å²) in [6.07, 6.45) is -4.84. The van der Waals surface area contributed by atoms with E-state index in [1.54, 1.807) is 19.2 Å². The summed E-state index contributed by atoms with van der Waals surface area (Å²) in [5, 5.41) is 0.656. The van der Waals surface area contributed by atoms with Crippen LogP contribution in [-0.4, -0.2) is 20.6 Å². The Morgan fingerprint density at radius 2 is 1.79 bits per heavy atom. The molecule has 0 unspecified atom stereocenters. The first-order valence-electron chi connectivity index (χ1n) is 10.0. The van der Waals surface area contributed by atoms with Gasteiger partial charge in [0.25, 0.3) is 5.56 Å². The van der Waals surface area contributed by atoms with Crippen molar-refractivity contribution < 1.29 is 17.9 Å². The average Bonchev–Trinajstić information content (AvgIpc) is 3.15. The average molecular weight is 475 g/mol. The van der Waals surface area contributed by atoms with Crippen LogP contribution in [-0.2, 0) is 6.18 Å². The van der Waals surface area contributed by atoms with Crippen molar-refractivity contribution in [2.75, 3.05) is 7.11 Å². The Morgan fingerprint density at radius 3 is 2.42 bits per heavy atom. The molecule has 4 rings (SSSR count). The van der Waals surface area contributed by atoms with Crippen LogP contribution < -0.4 is 16.0 Å². The van der Waals surface area contributed by atoms with Crippen molar-refractivity contribution in [3.05, 3.63) is 74.6 Å². The lowest BCUT2D eigenvalue weighted by molar-refractivity contribution is -0.145. The quantitative estimate of drug-likeness (QED) is 0.407. The second-order valence-electron chi connectivity index (χ2n) is 7.86. The Morgan fingerprint density at radius 1 is 1.06 bits per heavy atom. The van der Waals surface area contributed by atoms with Crippen molar-refractivity contribution in [2.24, 2.45) is 0 Å². The predicted molar refractivity (Wildman–Crippen MR) is 122 cm³/mol. The first-order chi connectivity index (χ1) is 15.5. The SMILES string of the molecule is COc1ccc(C)cc1-c1nsc2ccc(-n3c(=O)cc(C(F)(F)F)n(C(C)C)c3=O)cc12. The molecule has 33 heavy (non-hydrogen) atoms. The van der Waals surface area contributed by atoms with Gasteiger partial charge in [-0.3, -0.25) is 9.36 Å². The molecule has 0 amide bonds. The first kappa shape index (κ1) is 22.8. The number of hydrogen-bond acceptors (Lipinski definition) is 5. The fourth-order valence-corrected chi connectivity index (χ4v) is 4.55. The van der Waals surface area contributed by atoms with Gasteiger partial charge in [-0.15, -0.1) is 0 Å². The third-order valence-corrected chi connectivity index (χ3v) is 6.09. The summed E-state index contributed by atoms with van der Waals surface area (Å²) in [5.41, 5.74) is -0.895. The number of aromatic nitrogens is 3. The Labute approximate surface area is 190 Å². The molecule has 0 aliphatic rings. The third kappa shape index (κ3) is 3.95. The minimum absolute atomic E-state index is 0.161. The number of rotatable bonds is 4. The zero-order valence-corrected chi connectivity index (χ0v) is 19.0. The molecule has 4 aromatic rings. The van der Waals surface area contributed by atoms with Gasteiger partial charge in [0.1, 0.15) is 11.4 Å². The summed E-state index contributed by atoms with van der Waals surface area (Å²) >= 11 is 1.23. The summed E-state index contributed by atoms with van der Waals surface area (Å²) in [7, 11) is 1.55. The highest BCUT2D eigenvalue weighted by Gasteiger charge is 2.36. The molecule has 10 heteroatoms. The topological polar surface area (TPSA) is 66.1 Å². The van der Waals surface area contributed by atoms with Crippen molar-refractivity contribution >= 4 is 21.6 Å². The lowest BCUT2D eigenvalue weighted by atomic mass is 10.0. The number of hydrogen-bond donors (Lipinski definition) is 0. The van der Waals surface area contributed by atoms with Crippen molar-refractivity contribution in [3.8, 4) is 22.7 Å². The van der Waals surface area contributed by atoms with Gasteiger partial charge in [0, 0.05) is 23.1 Å². The molecule has 0 fully saturated rings. The van der Waals surface area contributed by atoms with E-state index in [0.717, 1.165) is 20.4 Å². The number of nitrogens with zero attached hydrogens (tertiary/aromatic N) is 3. The predicted octanol–water partition coefficient (Wildman–Crippen LogP) is 5.19. The molecule has 0 bridgehead atoms. The van der Waals surface area contributed by atoms with Gasteiger partial charge in [0.05, 0.1) is 23.2 Å². The van der Waals surface area contributed by atoms with Crippen LogP contribution in [0, 0.1) is 6.92 Å². The molecule has 0 aliphatic heterocycles. The number of aryl methyl sites for hydroxylation is 1. The van der Waals surface area contributed by atoms with E-state index < -0.39 is 29.2 Å². The zero-order valence-electron chi connectivity index (χ0n) is 18.2. The molecule has 172 valence electrons. The van der Waals surface area contributed by atoms with E-state index in [2.05, 4.69) is 4.37 Å². The summed E-state index contributed by atoms with van der Waals surface area (Å²) in [4.78, 5) is 25.7. The molecule has 2 aromatic carbocycles. The lowest BCUT2D eigenvalue weighted by Gasteiger charge is -2.19. The number of methoxy groups -OCH3 is 1. The molecule has 0 spiro atoms. The Kier molecular flexibility index (Phi) is 5.65. The van der Waals surface area contributed by atoms with Crippen molar-refractivity contribution in [1.82, 2.24) is 13.5 Å². The highest BCUT2D eigenvalue weighted by atomic mass is 32.1. The van der Waals surface area contributed by atoms with Crippen LogP contribution in [0.3, 0.4) is 0 Å².